The monoisotopic (exact) mass is 341 g/mol. The number of anilines is 1. The quantitative estimate of drug-likeness (QED) is 0.838. The van der Waals surface area contributed by atoms with Gasteiger partial charge in [0, 0.05) is 25.5 Å². The molecule has 0 saturated carbocycles. The molecule has 1 saturated heterocycles. The van der Waals surface area contributed by atoms with E-state index in [1.807, 2.05) is 0 Å². The van der Waals surface area contributed by atoms with E-state index in [1.54, 1.807) is 12.3 Å². The predicted octanol–water partition coefficient (Wildman–Crippen LogP) is 3.56. The standard InChI is InChI=1S/C18H20ClN5/c1-23-15-6-3-2-5-14(15)22-18(23)16-7-4-8-24(16)17-13(19)9-12(10-20)11-21-17/h9,11,16H,2-8H2,1H3. The maximum Gasteiger partial charge on any atom is 0.148 e. The summed E-state index contributed by atoms with van der Waals surface area (Å²) in [5.74, 6) is 1.89. The van der Waals surface area contributed by atoms with Crippen LogP contribution in [0.5, 0.6) is 0 Å². The lowest BCUT2D eigenvalue weighted by atomic mass is 10.0. The van der Waals surface area contributed by atoms with Crippen LogP contribution < -0.4 is 4.90 Å². The zero-order chi connectivity index (χ0) is 16.7. The summed E-state index contributed by atoms with van der Waals surface area (Å²) in [5, 5.41) is 9.54. The molecule has 3 heterocycles. The van der Waals surface area contributed by atoms with Crippen LogP contribution in [0.25, 0.3) is 0 Å². The molecule has 2 aromatic heterocycles. The molecule has 0 radical (unpaired) electrons. The molecule has 1 aliphatic carbocycles. The van der Waals surface area contributed by atoms with Gasteiger partial charge in [0.25, 0.3) is 0 Å². The first kappa shape index (κ1) is 15.5. The van der Waals surface area contributed by atoms with Crippen molar-refractivity contribution in [3.05, 3.63) is 40.1 Å². The number of nitrogens with zero attached hydrogens (tertiary/aromatic N) is 5. The molecule has 2 aliphatic rings. The van der Waals surface area contributed by atoms with Crippen molar-refractivity contribution < 1.29 is 0 Å². The fraction of sp³-hybridized carbons (Fsp3) is 0.500. The molecule has 124 valence electrons. The number of hydrogen-bond donors (Lipinski definition) is 0. The van der Waals surface area contributed by atoms with Gasteiger partial charge in [0.05, 0.1) is 22.3 Å². The Morgan fingerprint density at radius 1 is 1.29 bits per heavy atom. The summed E-state index contributed by atoms with van der Waals surface area (Å²) in [7, 11) is 2.14. The van der Waals surface area contributed by atoms with E-state index in [9.17, 15) is 0 Å². The smallest absolute Gasteiger partial charge is 0.148 e. The molecule has 1 unspecified atom stereocenters. The van der Waals surface area contributed by atoms with Crippen molar-refractivity contribution in [1.82, 2.24) is 14.5 Å². The van der Waals surface area contributed by atoms with Crippen molar-refractivity contribution in [3.8, 4) is 6.07 Å². The van der Waals surface area contributed by atoms with E-state index >= 15 is 0 Å². The van der Waals surface area contributed by atoms with E-state index in [4.69, 9.17) is 21.8 Å². The number of aryl methyl sites for hydroxylation is 1. The first-order chi connectivity index (χ1) is 11.7. The fourth-order valence-corrected chi connectivity index (χ4v) is 4.27. The van der Waals surface area contributed by atoms with E-state index in [2.05, 4.69) is 27.6 Å². The summed E-state index contributed by atoms with van der Waals surface area (Å²) in [6.07, 6.45) is 8.46. The fourth-order valence-electron chi connectivity index (χ4n) is 4.00. The van der Waals surface area contributed by atoms with Crippen molar-refractivity contribution in [1.29, 1.82) is 5.26 Å². The molecule has 4 rings (SSSR count). The first-order valence-electron chi connectivity index (χ1n) is 8.55. The Balaban J connectivity index is 1.71. The highest BCUT2D eigenvalue weighted by molar-refractivity contribution is 6.33. The molecule has 0 aromatic carbocycles. The largest absolute Gasteiger partial charge is 0.345 e. The molecule has 0 bridgehead atoms. The molecule has 1 fully saturated rings. The van der Waals surface area contributed by atoms with Crippen molar-refractivity contribution >= 4 is 17.4 Å². The average molecular weight is 342 g/mol. The minimum absolute atomic E-state index is 0.207. The van der Waals surface area contributed by atoms with Crippen LogP contribution in [0, 0.1) is 11.3 Å². The second-order valence-electron chi connectivity index (χ2n) is 6.62. The van der Waals surface area contributed by atoms with Crippen LogP contribution in [0.1, 0.15) is 54.5 Å². The van der Waals surface area contributed by atoms with Gasteiger partial charge >= 0.3 is 0 Å². The lowest BCUT2D eigenvalue weighted by Crippen LogP contribution is -2.26. The lowest BCUT2D eigenvalue weighted by molar-refractivity contribution is 0.607. The van der Waals surface area contributed by atoms with E-state index in [1.165, 1.54) is 24.2 Å². The molecular weight excluding hydrogens is 322 g/mol. The van der Waals surface area contributed by atoms with Gasteiger partial charge < -0.3 is 9.47 Å². The van der Waals surface area contributed by atoms with Crippen LogP contribution in [-0.4, -0.2) is 21.1 Å². The van der Waals surface area contributed by atoms with Gasteiger partial charge in [0.2, 0.25) is 0 Å². The van der Waals surface area contributed by atoms with Crippen molar-refractivity contribution in [2.75, 3.05) is 11.4 Å². The Morgan fingerprint density at radius 3 is 2.88 bits per heavy atom. The molecule has 1 atom stereocenters. The Hall–Kier alpha value is -2.06. The summed E-state index contributed by atoms with van der Waals surface area (Å²) in [6, 6.07) is 3.99. The topological polar surface area (TPSA) is 57.7 Å². The first-order valence-corrected chi connectivity index (χ1v) is 8.93. The molecule has 0 N–H and O–H groups in total. The Morgan fingerprint density at radius 2 is 2.12 bits per heavy atom. The second-order valence-corrected chi connectivity index (χ2v) is 7.03. The van der Waals surface area contributed by atoms with E-state index < -0.39 is 0 Å². The van der Waals surface area contributed by atoms with Crippen LogP contribution in [-0.2, 0) is 19.9 Å². The minimum atomic E-state index is 0.207. The number of pyridine rings is 1. The van der Waals surface area contributed by atoms with E-state index in [0.717, 1.165) is 43.9 Å². The van der Waals surface area contributed by atoms with Gasteiger partial charge in [-0.2, -0.15) is 5.26 Å². The lowest BCUT2D eigenvalue weighted by Gasteiger charge is -2.26. The highest BCUT2D eigenvalue weighted by Crippen LogP contribution is 2.39. The third-order valence-electron chi connectivity index (χ3n) is 5.18. The van der Waals surface area contributed by atoms with Crippen molar-refractivity contribution in [2.24, 2.45) is 7.05 Å². The van der Waals surface area contributed by atoms with Crippen LogP contribution in [0.4, 0.5) is 5.82 Å². The van der Waals surface area contributed by atoms with Gasteiger partial charge in [-0.25, -0.2) is 9.97 Å². The molecule has 5 nitrogen and oxygen atoms in total. The summed E-state index contributed by atoms with van der Waals surface area (Å²) < 4.78 is 2.29. The molecule has 24 heavy (non-hydrogen) atoms. The Labute approximate surface area is 146 Å². The Kier molecular flexibility index (Phi) is 3.93. The maximum atomic E-state index is 9.00. The zero-order valence-electron chi connectivity index (χ0n) is 13.8. The van der Waals surface area contributed by atoms with Crippen LogP contribution in [0.15, 0.2) is 12.3 Å². The van der Waals surface area contributed by atoms with Gasteiger partial charge in [0.1, 0.15) is 17.7 Å². The predicted molar refractivity (Wildman–Crippen MR) is 93.1 cm³/mol. The third-order valence-corrected chi connectivity index (χ3v) is 5.46. The summed E-state index contributed by atoms with van der Waals surface area (Å²) in [6.45, 7) is 0.917. The highest BCUT2D eigenvalue weighted by Gasteiger charge is 2.33. The van der Waals surface area contributed by atoms with Crippen molar-refractivity contribution in [2.45, 2.75) is 44.6 Å². The average Bonchev–Trinajstić information content (AvgIpc) is 3.20. The van der Waals surface area contributed by atoms with Crippen LogP contribution >= 0.6 is 11.6 Å². The van der Waals surface area contributed by atoms with Crippen LogP contribution in [0.2, 0.25) is 5.02 Å². The zero-order valence-corrected chi connectivity index (χ0v) is 14.6. The summed E-state index contributed by atoms with van der Waals surface area (Å²) in [5.41, 5.74) is 3.15. The molecule has 2 aromatic rings. The number of fused-ring (bicyclic) bond motifs is 1. The Bertz CT molecular complexity index is 820. The SMILES string of the molecule is Cn1c(C2CCCN2c2ncc(C#N)cc2Cl)nc2c1CCCC2. The maximum absolute atomic E-state index is 9.00. The number of imidazole rings is 1. The number of aromatic nitrogens is 3. The van der Waals surface area contributed by atoms with E-state index in [-0.39, 0.29) is 6.04 Å². The van der Waals surface area contributed by atoms with Gasteiger partial charge in [-0.15, -0.1) is 0 Å². The molecule has 1 aliphatic heterocycles. The van der Waals surface area contributed by atoms with Gasteiger partial charge in [-0.3, -0.25) is 0 Å². The molecular formula is C18H20ClN5. The molecule has 0 amide bonds. The number of halogens is 1. The third kappa shape index (κ3) is 2.46. The van der Waals surface area contributed by atoms with Crippen molar-refractivity contribution in [3.63, 3.8) is 0 Å². The van der Waals surface area contributed by atoms with Crippen LogP contribution in [0.3, 0.4) is 0 Å². The van der Waals surface area contributed by atoms with Gasteiger partial charge in [0.15, 0.2) is 0 Å². The molecule has 6 heteroatoms. The number of rotatable bonds is 2. The number of nitriles is 1. The number of hydrogen-bond acceptors (Lipinski definition) is 4. The van der Waals surface area contributed by atoms with Gasteiger partial charge in [-0.1, -0.05) is 11.6 Å². The highest BCUT2D eigenvalue weighted by atomic mass is 35.5. The second kappa shape index (κ2) is 6.10. The minimum Gasteiger partial charge on any atom is -0.345 e. The summed E-state index contributed by atoms with van der Waals surface area (Å²) >= 11 is 6.40. The summed E-state index contributed by atoms with van der Waals surface area (Å²) in [4.78, 5) is 11.7. The van der Waals surface area contributed by atoms with E-state index in [0.29, 0.717) is 10.6 Å². The molecule has 0 spiro atoms. The van der Waals surface area contributed by atoms with Gasteiger partial charge in [-0.05, 0) is 44.6 Å². The normalized spacial score (nSPS) is 20.0.